The van der Waals surface area contributed by atoms with Crippen LogP contribution in [0, 0.1) is 11.3 Å². The number of alkyl halides is 1. The van der Waals surface area contributed by atoms with E-state index in [4.69, 9.17) is 16.9 Å². The summed E-state index contributed by atoms with van der Waals surface area (Å²) in [6.07, 6.45) is 1.38. The molecule has 0 aromatic heterocycles. The molecule has 0 heterocycles. The first-order valence-electron chi connectivity index (χ1n) is 2.28. The Hall–Kier alpha value is -0.220. The molecule has 0 saturated heterocycles. The van der Waals surface area contributed by atoms with Gasteiger partial charge in [0, 0.05) is 11.8 Å². The van der Waals surface area contributed by atoms with Gasteiger partial charge in [0.2, 0.25) is 0 Å². The lowest BCUT2D eigenvalue weighted by Gasteiger charge is -1.91. The predicted molar refractivity (Wildman–Crippen MR) is 30.2 cm³/mol. The van der Waals surface area contributed by atoms with Crippen molar-refractivity contribution >= 4 is 11.6 Å². The summed E-state index contributed by atoms with van der Waals surface area (Å²) in [4.78, 5) is 0. The Morgan fingerprint density at radius 1 is 1.86 bits per heavy atom. The van der Waals surface area contributed by atoms with Crippen molar-refractivity contribution in [3.05, 3.63) is 0 Å². The van der Waals surface area contributed by atoms with Crippen molar-refractivity contribution < 1.29 is 0 Å². The lowest BCUT2D eigenvalue weighted by molar-refractivity contribution is 0.830. The fraction of sp³-hybridized carbons (Fsp3) is 0.800. The van der Waals surface area contributed by atoms with Gasteiger partial charge in [-0.3, -0.25) is 0 Å². The molecule has 0 aromatic carbocycles. The Morgan fingerprint density at radius 2 is 2.43 bits per heavy atom. The molecule has 0 spiro atoms. The smallest absolute Gasteiger partial charge is 0.0622 e. The molecule has 40 valence electrons. The van der Waals surface area contributed by atoms with Crippen LogP contribution in [0.2, 0.25) is 0 Å². The maximum absolute atomic E-state index is 8.01. The first-order chi connectivity index (χ1) is 3.27. The van der Waals surface area contributed by atoms with Crippen LogP contribution in [0.15, 0.2) is 0 Å². The number of nitrogens with zero attached hydrogens (tertiary/aromatic N) is 1. The average molecular weight is 118 g/mol. The minimum atomic E-state index is 0.152. The van der Waals surface area contributed by atoms with Crippen LogP contribution in [0.5, 0.6) is 0 Å². The molecule has 1 nitrogen and oxygen atoms in total. The Bertz CT molecular complexity index is 72.6. The lowest BCUT2D eigenvalue weighted by atomic mass is 10.3. The predicted octanol–water partition coefficient (Wildman–Crippen LogP) is 1.92. The Labute approximate surface area is 48.9 Å². The van der Waals surface area contributed by atoms with Gasteiger partial charge >= 0.3 is 0 Å². The molecular weight excluding hydrogens is 110 g/mol. The van der Waals surface area contributed by atoms with Crippen LogP contribution in [0.25, 0.3) is 0 Å². The lowest BCUT2D eigenvalue weighted by Crippen LogP contribution is -1.86. The van der Waals surface area contributed by atoms with Crippen molar-refractivity contribution in [1.29, 1.82) is 5.26 Å². The minimum absolute atomic E-state index is 0.152. The van der Waals surface area contributed by atoms with E-state index in [0.29, 0.717) is 6.42 Å². The maximum atomic E-state index is 8.01. The number of hydrogen-bond acceptors (Lipinski definition) is 1. The summed E-state index contributed by atoms with van der Waals surface area (Å²) in [5.41, 5.74) is 0. The second-order valence-electron chi connectivity index (χ2n) is 1.48. The van der Waals surface area contributed by atoms with Crippen molar-refractivity contribution in [3.63, 3.8) is 0 Å². The van der Waals surface area contributed by atoms with Gasteiger partial charge in [-0.05, 0) is 13.3 Å². The molecular formula is C5H8ClN. The highest BCUT2D eigenvalue weighted by molar-refractivity contribution is 6.20. The van der Waals surface area contributed by atoms with Crippen LogP contribution in [-0.4, -0.2) is 5.38 Å². The van der Waals surface area contributed by atoms with Gasteiger partial charge < -0.3 is 0 Å². The molecule has 1 atom stereocenters. The van der Waals surface area contributed by atoms with Crippen molar-refractivity contribution in [2.24, 2.45) is 0 Å². The fourth-order valence-corrected chi connectivity index (χ4v) is 0.373. The van der Waals surface area contributed by atoms with Gasteiger partial charge in [0.15, 0.2) is 0 Å². The van der Waals surface area contributed by atoms with Crippen molar-refractivity contribution in [2.45, 2.75) is 25.1 Å². The van der Waals surface area contributed by atoms with Gasteiger partial charge in [-0.1, -0.05) is 0 Å². The van der Waals surface area contributed by atoms with E-state index < -0.39 is 0 Å². The SMILES string of the molecule is C[C@H](Cl)CCC#N. The van der Waals surface area contributed by atoms with Crippen LogP contribution < -0.4 is 0 Å². The van der Waals surface area contributed by atoms with E-state index in [9.17, 15) is 0 Å². The van der Waals surface area contributed by atoms with E-state index >= 15 is 0 Å². The first-order valence-corrected chi connectivity index (χ1v) is 2.72. The van der Waals surface area contributed by atoms with Gasteiger partial charge in [-0.2, -0.15) is 5.26 Å². The summed E-state index contributed by atoms with van der Waals surface area (Å²) < 4.78 is 0. The summed E-state index contributed by atoms with van der Waals surface area (Å²) in [7, 11) is 0. The van der Waals surface area contributed by atoms with Crippen molar-refractivity contribution in [2.75, 3.05) is 0 Å². The summed E-state index contributed by atoms with van der Waals surface area (Å²) in [6.45, 7) is 1.89. The van der Waals surface area contributed by atoms with Gasteiger partial charge in [-0.15, -0.1) is 11.6 Å². The van der Waals surface area contributed by atoms with Gasteiger partial charge in [-0.25, -0.2) is 0 Å². The molecule has 0 aromatic rings. The van der Waals surface area contributed by atoms with Crippen LogP contribution in [0.1, 0.15) is 19.8 Å². The zero-order chi connectivity index (χ0) is 5.70. The van der Waals surface area contributed by atoms with Crippen LogP contribution in [0.3, 0.4) is 0 Å². The summed E-state index contributed by atoms with van der Waals surface area (Å²) in [5.74, 6) is 0. The fourth-order valence-electron chi connectivity index (χ4n) is 0.263. The van der Waals surface area contributed by atoms with E-state index in [1.807, 2.05) is 13.0 Å². The van der Waals surface area contributed by atoms with Crippen molar-refractivity contribution in [3.8, 4) is 6.07 Å². The third kappa shape index (κ3) is 5.78. The van der Waals surface area contributed by atoms with Crippen LogP contribution >= 0.6 is 11.6 Å². The monoisotopic (exact) mass is 117 g/mol. The Morgan fingerprint density at radius 3 is 2.57 bits per heavy atom. The molecule has 0 bridgehead atoms. The molecule has 0 fully saturated rings. The molecule has 0 saturated carbocycles. The molecule has 0 radical (unpaired) electrons. The van der Waals surface area contributed by atoms with Gasteiger partial charge in [0.25, 0.3) is 0 Å². The maximum Gasteiger partial charge on any atom is 0.0622 e. The summed E-state index contributed by atoms with van der Waals surface area (Å²) in [6, 6.07) is 2.01. The van der Waals surface area contributed by atoms with Gasteiger partial charge in [0.05, 0.1) is 6.07 Å². The number of halogens is 1. The molecule has 0 N–H and O–H groups in total. The highest BCUT2D eigenvalue weighted by atomic mass is 35.5. The number of hydrogen-bond donors (Lipinski definition) is 0. The zero-order valence-corrected chi connectivity index (χ0v) is 5.07. The molecule has 0 aliphatic carbocycles. The largest absolute Gasteiger partial charge is 0.198 e. The van der Waals surface area contributed by atoms with Gasteiger partial charge in [0.1, 0.15) is 0 Å². The van der Waals surface area contributed by atoms with Crippen LogP contribution in [0.4, 0.5) is 0 Å². The summed E-state index contributed by atoms with van der Waals surface area (Å²) >= 11 is 5.51. The number of rotatable bonds is 2. The van der Waals surface area contributed by atoms with E-state index in [2.05, 4.69) is 0 Å². The number of nitriles is 1. The highest BCUT2D eigenvalue weighted by Crippen LogP contribution is 2.01. The second-order valence-corrected chi connectivity index (χ2v) is 2.22. The molecule has 0 rings (SSSR count). The van der Waals surface area contributed by atoms with E-state index in [1.54, 1.807) is 0 Å². The molecule has 7 heavy (non-hydrogen) atoms. The molecule has 2 heteroatoms. The Kier molecular flexibility index (Phi) is 3.83. The molecule has 0 unspecified atom stereocenters. The third-order valence-corrected chi connectivity index (χ3v) is 0.872. The average Bonchev–Trinajstić information content (AvgIpc) is 1.61. The van der Waals surface area contributed by atoms with E-state index in [1.165, 1.54) is 0 Å². The third-order valence-electron chi connectivity index (χ3n) is 0.654. The Balaban J connectivity index is 2.86. The summed E-state index contributed by atoms with van der Waals surface area (Å²) in [5, 5.41) is 8.16. The second kappa shape index (κ2) is 3.95. The minimum Gasteiger partial charge on any atom is -0.198 e. The standard InChI is InChI=1S/C5H8ClN/c1-5(6)3-2-4-7/h5H,2-3H2,1H3/t5-/m0/s1. The normalized spacial score (nSPS) is 12.7. The van der Waals surface area contributed by atoms with Crippen molar-refractivity contribution in [1.82, 2.24) is 0 Å². The molecule has 0 aliphatic rings. The quantitative estimate of drug-likeness (QED) is 0.507. The highest BCUT2D eigenvalue weighted by Gasteiger charge is 1.91. The zero-order valence-electron chi connectivity index (χ0n) is 4.32. The van der Waals surface area contributed by atoms with E-state index in [0.717, 1.165) is 6.42 Å². The molecule has 0 aliphatic heterocycles. The van der Waals surface area contributed by atoms with Crippen LogP contribution in [-0.2, 0) is 0 Å². The topological polar surface area (TPSA) is 23.8 Å². The molecule has 0 amide bonds. The first kappa shape index (κ1) is 6.78. The van der Waals surface area contributed by atoms with E-state index in [-0.39, 0.29) is 5.38 Å².